The minimum absolute atomic E-state index is 0.0172. The van der Waals surface area contributed by atoms with Gasteiger partial charge in [0.05, 0.1) is 17.8 Å². The average molecular weight is 700 g/mol. The lowest BCUT2D eigenvalue weighted by Gasteiger charge is -2.19. The van der Waals surface area contributed by atoms with Gasteiger partial charge in [0.15, 0.2) is 0 Å². The zero-order valence-electron chi connectivity index (χ0n) is 41.6. The second-order valence-electron chi connectivity index (χ2n) is 13.4. The van der Waals surface area contributed by atoms with Crippen LogP contribution in [0.15, 0.2) is 198 Å². The van der Waals surface area contributed by atoms with Gasteiger partial charge in [-0.3, -0.25) is 0 Å². The number of hydrogen-bond acceptors (Lipinski definition) is 1. The molecule has 11 rings (SSSR count). The summed E-state index contributed by atoms with van der Waals surface area (Å²) in [6, 6.07) is 30.7. The van der Waals surface area contributed by atoms with Crippen molar-refractivity contribution in [1.29, 1.82) is 0 Å². The van der Waals surface area contributed by atoms with Gasteiger partial charge in [-0.25, -0.2) is 0 Å². The summed E-state index contributed by atoms with van der Waals surface area (Å²) in [5.41, 5.74) is 5.56. The van der Waals surface area contributed by atoms with E-state index in [1.807, 2.05) is 72.8 Å². The summed E-state index contributed by atoms with van der Waals surface area (Å²) in [5, 5.41) is 5.24. The predicted octanol–water partition coefficient (Wildman–Crippen LogP) is 14.8. The molecule has 0 amide bonds. The van der Waals surface area contributed by atoms with E-state index in [0.717, 1.165) is 54.8 Å². The smallest absolute Gasteiger partial charge is 0.143 e. The molecule has 1 aromatic heterocycles. The van der Waals surface area contributed by atoms with Crippen LogP contribution in [0, 0.1) is 0 Å². The molecule has 10 aromatic carbocycles. The molecule has 0 saturated heterocycles. The normalized spacial score (nSPS) is 15.1. The van der Waals surface area contributed by atoms with Crippen molar-refractivity contribution >= 4 is 65.0 Å². The molecular weight excluding hydrogens is 653 g/mol. The van der Waals surface area contributed by atoms with Crippen molar-refractivity contribution in [3.63, 3.8) is 0 Å². The molecule has 0 bridgehead atoms. The molecule has 0 fully saturated rings. The van der Waals surface area contributed by atoms with Crippen LogP contribution in [0.25, 0.3) is 98.4 Å². The molecule has 0 unspecified atom stereocenters. The molecule has 252 valence electrons. The van der Waals surface area contributed by atoms with E-state index in [2.05, 4.69) is 36.4 Å². The standard InChI is InChI=1S/C53H34O/c1-2-14-34(15-3-1)32-49-42-21-8-10-23-44(42)52(45-24-11-9-22-43(45)49)46-30-29-38(39-19-6-7-20-41(39)46)36-28-31-51-50(33-36)48-27-13-26-47(53(48)54-51)40-25-12-17-35-16-4-5-18-37(35)40/h1-31,33H,32H2/i1D,2D,3D,8D,9D,10D,11D,14D,15D,21D,22D,23D,24D. The molecule has 0 N–H and O–H groups in total. The van der Waals surface area contributed by atoms with Crippen molar-refractivity contribution in [2.45, 2.75) is 6.42 Å². The zero-order valence-corrected chi connectivity index (χ0v) is 28.6. The molecule has 1 heteroatoms. The third-order valence-corrected chi connectivity index (χ3v) is 10.5. The highest BCUT2D eigenvalue weighted by molar-refractivity contribution is 6.20. The van der Waals surface area contributed by atoms with Crippen LogP contribution in [0.4, 0.5) is 0 Å². The van der Waals surface area contributed by atoms with Crippen LogP contribution >= 0.6 is 0 Å². The Morgan fingerprint density at radius 1 is 0.407 bits per heavy atom. The summed E-state index contributed by atoms with van der Waals surface area (Å²) < 4.78 is 122. The molecule has 0 spiro atoms. The minimum atomic E-state index is -0.618. The fourth-order valence-corrected chi connectivity index (χ4v) is 8.10. The van der Waals surface area contributed by atoms with Crippen molar-refractivity contribution in [2.75, 3.05) is 0 Å². The maximum absolute atomic E-state index is 9.44. The van der Waals surface area contributed by atoms with Gasteiger partial charge in [-0.2, -0.15) is 0 Å². The number of para-hydroxylation sites is 1. The molecule has 0 aliphatic heterocycles. The Hall–Kier alpha value is -6.96. The van der Waals surface area contributed by atoms with E-state index in [1.54, 1.807) is 6.07 Å². The lowest BCUT2D eigenvalue weighted by Crippen LogP contribution is -1.96. The molecule has 11 aromatic rings. The Labute approximate surface area is 331 Å². The Morgan fingerprint density at radius 2 is 1.00 bits per heavy atom. The van der Waals surface area contributed by atoms with Gasteiger partial charge >= 0.3 is 0 Å². The van der Waals surface area contributed by atoms with E-state index in [0.29, 0.717) is 16.5 Å². The summed E-state index contributed by atoms with van der Waals surface area (Å²) in [5.74, 6) is 0. The van der Waals surface area contributed by atoms with E-state index in [1.165, 1.54) is 0 Å². The van der Waals surface area contributed by atoms with Crippen LogP contribution in [0.2, 0.25) is 0 Å². The third kappa shape index (κ3) is 4.79. The number of furan rings is 1. The first kappa shape index (κ1) is 20.3. The number of rotatable bonds is 5. The Morgan fingerprint density at radius 3 is 1.78 bits per heavy atom. The van der Waals surface area contributed by atoms with Gasteiger partial charge in [-0.1, -0.05) is 182 Å². The third-order valence-electron chi connectivity index (χ3n) is 10.5. The quantitative estimate of drug-likeness (QED) is 0.163. The van der Waals surface area contributed by atoms with Crippen molar-refractivity contribution in [3.05, 3.63) is 205 Å². The van der Waals surface area contributed by atoms with Gasteiger partial charge in [0.25, 0.3) is 0 Å². The molecule has 0 aliphatic carbocycles. The van der Waals surface area contributed by atoms with E-state index < -0.39 is 85.0 Å². The van der Waals surface area contributed by atoms with E-state index in [9.17, 15) is 5.48 Å². The van der Waals surface area contributed by atoms with Gasteiger partial charge in [-0.05, 0) is 101 Å². The maximum atomic E-state index is 9.44. The second-order valence-corrected chi connectivity index (χ2v) is 13.4. The Bertz CT molecular complexity index is 3890. The second kappa shape index (κ2) is 12.3. The van der Waals surface area contributed by atoms with Crippen LogP contribution in [-0.4, -0.2) is 0 Å². The SMILES string of the molecule is [2H]c1c([2H])c([2H])c(Cc2c3c([2H])c([2H])c([2H])c([2H])c3c(-c3ccc(-c4ccc5oc6c(-c7cccc8ccccc78)cccc6c5c4)c4ccccc34)c3c([2H])c([2H])c([2H])c([2H])c23)c([2H])c1[2H]. The Balaban J connectivity index is 1.19. The molecule has 0 radical (unpaired) electrons. The lowest BCUT2D eigenvalue weighted by molar-refractivity contribution is 0.670. The predicted molar refractivity (Wildman–Crippen MR) is 229 cm³/mol. The molecule has 0 atom stereocenters. The summed E-state index contributed by atoms with van der Waals surface area (Å²) in [4.78, 5) is 0. The van der Waals surface area contributed by atoms with E-state index >= 15 is 0 Å². The van der Waals surface area contributed by atoms with Gasteiger partial charge in [0.2, 0.25) is 0 Å². The molecule has 0 saturated carbocycles. The first-order valence-corrected chi connectivity index (χ1v) is 17.7. The molecule has 1 heterocycles. The summed E-state index contributed by atoms with van der Waals surface area (Å²) in [7, 11) is 0. The lowest BCUT2D eigenvalue weighted by atomic mass is 9.84. The summed E-state index contributed by atoms with van der Waals surface area (Å²) in [6.45, 7) is 0. The van der Waals surface area contributed by atoms with Crippen molar-refractivity contribution in [2.24, 2.45) is 0 Å². The van der Waals surface area contributed by atoms with Crippen LogP contribution in [0.3, 0.4) is 0 Å². The van der Waals surface area contributed by atoms with Crippen LogP contribution in [0.5, 0.6) is 0 Å². The van der Waals surface area contributed by atoms with Gasteiger partial charge < -0.3 is 4.42 Å². The highest BCUT2D eigenvalue weighted by atomic mass is 16.3. The van der Waals surface area contributed by atoms with Crippen molar-refractivity contribution in [3.8, 4) is 33.4 Å². The Kier molecular flexibility index (Phi) is 4.64. The monoisotopic (exact) mass is 699 g/mol. The fraction of sp³-hybridized carbons (Fsp3) is 0.0189. The molecule has 0 aliphatic rings. The van der Waals surface area contributed by atoms with Gasteiger partial charge in [0.1, 0.15) is 11.2 Å². The summed E-state index contributed by atoms with van der Waals surface area (Å²) >= 11 is 0. The van der Waals surface area contributed by atoms with E-state index in [-0.39, 0.29) is 38.2 Å². The maximum Gasteiger partial charge on any atom is 0.143 e. The number of benzene rings is 10. The highest BCUT2D eigenvalue weighted by Gasteiger charge is 2.19. The van der Waals surface area contributed by atoms with Gasteiger partial charge in [-0.15, -0.1) is 0 Å². The van der Waals surface area contributed by atoms with Crippen molar-refractivity contribution in [1.82, 2.24) is 0 Å². The first-order valence-electron chi connectivity index (χ1n) is 24.2. The largest absolute Gasteiger partial charge is 0.455 e. The van der Waals surface area contributed by atoms with Crippen LogP contribution in [-0.2, 0) is 6.42 Å². The highest BCUT2D eigenvalue weighted by Crippen LogP contribution is 2.45. The molecule has 54 heavy (non-hydrogen) atoms. The summed E-state index contributed by atoms with van der Waals surface area (Å²) in [6.07, 6.45) is -0.499. The minimum Gasteiger partial charge on any atom is -0.455 e. The van der Waals surface area contributed by atoms with Crippen LogP contribution < -0.4 is 0 Å². The molecule has 1 nitrogen and oxygen atoms in total. The zero-order chi connectivity index (χ0) is 46.9. The number of fused-ring (bicyclic) bond motifs is 7. The van der Waals surface area contributed by atoms with Gasteiger partial charge in [0, 0.05) is 16.3 Å². The average Bonchev–Trinajstić information content (AvgIpc) is 3.73. The number of hydrogen-bond donors (Lipinski definition) is 0. The fourth-order valence-electron chi connectivity index (χ4n) is 8.10. The molecular formula is C53H34O. The van der Waals surface area contributed by atoms with Crippen LogP contribution in [0.1, 0.15) is 28.9 Å². The first-order chi connectivity index (χ1) is 32.2. The topological polar surface area (TPSA) is 13.1 Å². The van der Waals surface area contributed by atoms with E-state index in [4.69, 9.17) is 16.8 Å². The van der Waals surface area contributed by atoms with Crippen molar-refractivity contribution < 1.29 is 22.2 Å².